The second kappa shape index (κ2) is 11.6. The van der Waals surface area contributed by atoms with Crippen LogP contribution in [0.5, 0.6) is 17.2 Å². The van der Waals surface area contributed by atoms with Crippen molar-refractivity contribution in [1.29, 1.82) is 5.26 Å². The number of carbonyl (C=O) groups is 2. The standard InChI is InChI=1S/C22H18Cl2N2O5/c1-3-8-26-22(28)15(12-25)9-14-4-6-19(20(10-14)29-2)31-21(27)13-30-18-7-5-16(23)11-17(18)24/h3-7,9-11H,1,8,13H2,2H3,(H,26,28)/b15-9+. The number of hydrogen-bond acceptors (Lipinski definition) is 6. The van der Waals surface area contributed by atoms with Crippen molar-refractivity contribution >= 4 is 41.2 Å². The van der Waals surface area contributed by atoms with Crippen LogP contribution in [-0.2, 0) is 9.59 Å². The summed E-state index contributed by atoms with van der Waals surface area (Å²) < 4.78 is 15.9. The van der Waals surface area contributed by atoms with Crippen molar-refractivity contribution in [2.45, 2.75) is 0 Å². The fourth-order valence-electron chi connectivity index (χ4n) is 2.31. The molecule has 0 bridgehead atoms. The van der Waals surface area contributed by atoms with Crippen molar-refractivity contribution in [1.82, 2.24) is 5.32 Å². The Bertz CT molecular complexity index is 1060. The molecular weight excluding hydrogens is 443 g/mol. The average Bonchev–Trinajstić information content (AvgIpc) is 2.75. The van der Waals surface area contributed by atoms with Crippen molar-refractivity contribution in [2.24, 2.45) is 0 Å². The summed E-state index contributed by atoms with van der Waals surface area (Å²) in [6, 6.07) is 11.0. The zero-order chi connectivity index (χ0) is 22.8. The van der Waals surface area contributed by atoms with Gasteiger partial charge < -0.3 is 19.5 Å². The predicted octanol–water partition coefficient (Wildman–Crippen LogP) is 4.20. The molecule has 0 aliphatic heterocycles. The maximum absolute atomic E-state index is 12.1. The Balaban J connectivity index is 2.09. The first-order valence-corrected chi connectivity index (χ1v) is 9.61. The largest absolute Gasteiger partial charge is 0.493 e. The highest BCUT2D eigenvalue weighted by molar-refractivity contribution is 6.35. The number of nitriles is 1. The number of hydrogen-bond donors (Lipinski definition) is 1. The zero-order valence-electron chi connectivity index (χ0n) is 16.5. The van der Waals surface area contributed by atoms with Crippen LogP contribution in [0, 0.1) is 11.3 Å². The molecule has 1 amide bonds. The van der Waals surface area contributed by atoms with Crippen LogP contribution in [0.3, 0.4) is 0 Å². The van der Waals surface area contributed by atoms with Gasteiger partial charge in [-0.3, -0.25) is 4.79 Å². The van der Waals surface area contributed by atoms with E-state index < -0.39 is 18.5 Å². The minimum atomic E-state index is -0.686. The molecule has 0 fully saturated rings. The SMILES string of the molecule is C=CCNC(=O)/C(C#N)=C/c1ccc(OC(=O)COc2ccc(Cl)cc2Cl)c(OC)c1. The summed E-state index contributed by atoms with van der Waals surface area (Å²) >= 11 is 11.8. The smallest absolute Gasteiger partial charge is 0.349 e. The Morgan fingerprint density at radius 1 is 1.16 bits per heavy atom. The molecule has 0 saturated carbocycles. The first kappa shape index (κ1) is 23.8. The lowest BCUT2D eigenvalue weighted by molar-refractivity contribution is -0.136. The van der Waals surface area contributed by atoms with Crippen LogP contribution in [-0.4, -0.2) is 32.1 Å². The molecule has 31 heavy (non-hydrogen) atoms. The van der Waals surface area contributed by atoms with Gasteiger partial charge in [0.25, 0.3) is 5.91 Å². The fourth-order valence-corrected chi connectivity index (χ4v) is 2.78. The molecule has 0 saturated heterocycles. The Morgan fingerprint density at radius 3 is 2.55 bits per heavy atom. The number of benzene rings is 2. The van der Waals surface area contributed by atoms with Crippen molar-refractivity contribution in [2.75, 3.05) is 20.3 Å². The highest BCUT2D eigenvalue weighted by Gasteiger charge is 2.14. The Morgan fingerprint density at radius 2 is 1.90 bits per heavy atom. The van der Waals surface area contributed by atoms with Gasteiger partial charge in [-0.2, -0.15) is 5.26 Å². The molecule has 0 atom stereocenters. The van der Waals surface area contributed by atoms with Gasteiger partial charge in [0.05, 0.1) is 12.1 Å². The van der Waals surface area contributed by atoms with Gasteiger partial charge in [0.2, 0.25) is 0 Å². The first-order chi connectivity index (χ1) is 14.9. The van der Waals surface area contributed by atoms with Gasteiger partial charge in [0, 0.05) is 11.6 Å². The number of methoxy groups -OCH3 is 1. The molecule has 0 heterocycles. The minimum Gasteiger partial charge on any atom is -0.493 e. The van der Waals surface area contributed by atoms with Gasteiger partial charge in [-0.1, -0.05) is 35.3 Å². The molecule has 0 aliphatic carbocycles. The first-order valence-electron chi connectivity index (χ1n) is 8.85. The van der Waals surface area contributed by atoms with E-state index in [-0.39, 0.29) is 34.4 Å². The number of halogens is 2. The molecule has 0 spiro atoms. The number of nitrogens with one attached hydrogen (secondary N) is 1. The Kier molecular flexibility index (Phi) is 8.94. The summed E-state index contributed by atoms with van der Waals surface area (Å²) in [5.74, 6) is -0.557. The van der Waals surface area contributed by atoms with Crippen LogP contribution < -0.4 is 19.5 Å². The maximum atomic E-state index is 12.1. The number of nitrogens with zero attached hydrogens (tertiary/aromatic N) is 1. The second-order valence-electron chi connectivity index (χ2n) is 5.92. The number of ether oxygens (including phenoxy) is 3. The van der Waals surface area contributed by atoms with Gasteiger partial charge in [0.15, 0.2) is 18.1 Å². The van der Waals surface area contributed by atoms with E-state index in [2.05, 4.69) is 11.9 Å². The molecule has 9 heteroatoms. The summed E-state index contributed by atoms with van der Waals surface area (Å²) in [4.78, 5) is 24.1. The van der Waals surface area contributed by atoms with Crippen LogP contribution >= 0.6 is 23.2 Å². The van der Waals surface area contributed by atoms with Crippen molar-refractivity contribution in [3.63, 3.8) is 0 Å². The van der Waals surface area contributed by atoms with Gasteiger partial charge >= 0.3 is 5.97 Å². The van der Waals surface area contributed by atoms with Crippen LogP contribution in [0.1, 0.15) is 5.56 Å². The van der Waals surface area contributed by atoms with Gasteiger partial charge in [-0.25, -0.2) is 4.79 Å². The van der Waals surface area contributed by atoms with E-state index in [0.29, 0.717) is 10.6 Å². The highest BCUT2D eigenvalue weighted by atomic mass is 35.5. The van der Waals surface area contributed by atoms with Crippen LogP contribution in [0.4, 0.5) is 0 Å². The Hall–Kier alpha value is -3.47. The van der Waals surface area contributed by atoms with E-state index in [1.807, 2.05) is 6.07 Å². The van der Waals surface area contributed by atoms with Crippen LogP contribution in [0.15, 0.2) is 54.6 Å². The molecule has 2 aromatic rings. The van der Waals surface area contributed by atoms with Crippen LogP contribution in [0.2, 0.25) is 10.0 Å². The molecule has 0 aliphatic rings. The predicted molar refractivity (Wildman–Crippen MR) is 117 cm³/mol. The van der Waals surface area contributed by atoms with Crippen molar-refractivity contribution in [3.8, 4) is 23.3 Å². The van der Waals surface area contributed by atoms with Gasteiger partial charge in [-0.05, 0) is 42.0 Å². The lowest BCUT2D eigenvalue weighted by Crippen LogP contribution is -2.24. The van der Waals surface area contributed by atoms with E-state index in [1.165, 1.54) is 43.5 Å². The topological polar surface area (TPSA) is 97.7 Å². The molecule has 2 aromatic carbocycles. The number of carbonyl (C=O) groups excluding carboxylic acids is 2. The summed E-state index contributed by atoms with van der Waals surface area (Å²) in [6.07, 6.45) is 2.89. The monoisotopic (exact) mass is 460 g/mol. The lowest BCUT2D eigenvalue weighted by atomic mass is 10.1. The fraction of sp³-hybridized carbons (Fsp3) is 0.136. The molecule has 2 rings (SSSR count). The zero-order valence-corrected chi connectivity index (χ0v) is 18.0. The summed E-state index contributed by atoms with van der Waals surface area (Å²) in [6.45, 7) is 3.34. The minimum absolute atomic E-state index is 0.0955. The quantitative estimate of drug-likeness (QED) is 0.198. The third-order valence-electron chi connectivity index (χ3n) is 3.73. The molecule has 160 valence electrons. The summed E-state index contributed by atoms with van der Waals surface area (Å²) in [7, 11) is 1.39. The third-order valence-corrected chi connectivity index (χ3v) is 4.26. The van der Waals surface area contributed by atoms with E-state index in [9.17, 15) is 14.9 Å². The highest BCUT2D eigenvalue weighted by Crippen LogP contribution is 2.30. The van der Waals surface area contributed by atoms with E-state index in [4.69, 9.17) is 37.4 Å². The molecule has 0 unspecified atom stereocenters. The maximum Gasteiger partial charge on any atom is 0.349 e. The normalized spacial score (nSPS) is 10.6. The van der Waals surface area contributed by atoms with Crippen LogP contribution in [0.25, 0.3) is 6.08 Å². The van der Waals surface area contributed by atoms with E-state index in [1.54, 1.807) is 12.1 Å². The number of esters is 1. The molecule has 0 radical (unpaired) electrons. The average molecular weight is 461 g/mol. The summed E-state index contributed by atoms with van der Waals surface area (Å²) in [5, 5.41) is 12.4. The third kappa shape index (κ3) is 7.07. The van der Waals surface area contributed by atoms with Crippen molar-refractivity contribution < 1.29 is 23.8 Å². The second-order valence-corrected chi connectivity index (χ2v) is 6.76. The van der Waals surface area contributed by atoms with E-state index >= 15 is 0 Å². The Labute approximate surface area is 189 Å². The van der Waals surface area contributed by atoms with E-state index in [0.717, 1.165) is 0 Å². The summed E-state index contributed by atoms with van der Waals surface area (Å²) in [5.41, 5.74) is 0.410. The van der Waals surface area contributed by atoms with Crippen molar-refractivity contribution in [3.05, 3.63) is 70.2 Å². The van der Waals surface area contributed by atoms with Gasteiger partial charge in [0.1, 0.15) is 17.4 Å². The molecular formula is C22H18Cl2N2O5. The van der Waals surface area contributed by atoms with Gasteiger partial charge in [-0.15, -0.1) is 6.58 Å². The molecule has 0 aromatic heterocycles. The number of amides is 1. The molecule has 7 nitrogen and oxygen atoms in total. The lowest BCUT2D eigenvalue weighted by Gasteiger charge is -2.11. The molecule has 1 N–H and O–H groups in total. The number of rotatable bonds is 9.